The van der Waals surface area contributed by atoms with Crippen molar-refractivity contribution in [2.75, 3.05) is 0 Å². The third-order valence-electron chi connectivity index (χ3n) is 2.59. The van der Waals surface area contributed by atoms with Crippen molar-refractivity contribution in [1.82, 2.24) is 9.97 Å². The molecule has 1 N–H and O–H groups in total. The molecule has 0 bridgehead atoms. The first-order valence-corrected chi connectivity index (χ1v) is 6.95. The molecule has 0 spiro atoms. The Kier molecular flexibility index (Phi) is 4.52. The van der Waals surface area contributed by atoms with E-state index in [0.717, 1.165) is 4.90 Å². The monoisotopic (exact) mass is 274 g/mol. The van der Waals surface area contributed by atoms with Crippen LogP contribution in [0.1, 0.15) is 28.8 Å². The second-order valence-corrected chi connectivity index (χ2v) is 4.96. The highest BCUT2D eigenvalue weighted by atomic mass is 32.2. The number of aryl methyl sites for hydroxylation is 1. The summed E-state index contributed by atoms with van der Waals surface area (Å²) in [5.74, 6) is 0.325. The van der Waals surface area contributed by atoms with Gasteiger partial charge in [0.05, 0.1) is 17.0 Å². The summed E-state index contributed by atoms with van der Waals surface area (Å²) >= 11 is 1.63. The summed E-state index contributed by atoms with van der Waals surface area (Å²) in [5.41, 5.74) is 0.780. The first-order chi connectivity index (χ1) is 9.20. The molecular formula is C14H14N2O2S. The standard InChI is InChI=1S/C14H14N2O2S/c1-2-12-11(14(17)18)8-15-13(16-12)9-19-10-6-4-3-5-7-10/h3-8H,2,9H2,1H3,(H,17,18). The van der Waals surface area contributed by atoms with Crippen LogP contribution in [0.3, 0.4) is 0 Å². The lowest BCUT2D eigenvalue weighted by molar-refractivity contribution is 0.0694. The third-order valence-corrected chi connectivity index (χ3v) is 3.60. The molecule has 98 valence electrons. The Morgan fingerprint density at radius 3 is 2.68 bits per heavy atom. The third kappa shape index (κ3) is 3.54. The summed E-state index contributed by atoms with van der Waals surface area (Å²) < 4.78 is 0. The second kappa shape index (κ2) is 6.33. The van der Waals surface area contributed by atoms with Crippen molar-refractivity contribution in [1.29, 1.82) is 0 Å². The van der Waals surface area contributed by atoms with Crippen LogP contribution >= 0.6 is 11.8 Å². The Bertz CT molecular complexity index is 573. The van der Waals surface area contributed by atoms with Crippen LogP contribution in [0.25, 0.3) is 0 Å². The largest absolute Gasteiger partial charge is 0.478 e. The number of aromatic carboxylic acids is 1. The predicted molar refractivity (Wildman–Crippen MR) is 74.4 cm³/mol. The van der Waals surface area contributed by atoms with E-state index in [2.05, 4.69) is 9.97 Å². The van der Waals surface area contributed by atoms with E-state index in [1.165, 1.54) is 6.20 Å². The van der Waals surface area contributed by atoms with E-state index in [1.807, 2.05) is 37.3 Å². The van der Waals surface area contributed by atoms with Gasteiger partial charge in [-0.1, -0.05) is 25.1 Å². The Morgan fingerprint density at radius 2 is 2.05 bits per heavy atom. The molecule has 1 aromatic heterocycles. The second-order valence-electron chi connectivity index (χ2n) is 3.91. The van der Waals surface area contributed by atoms with E-state index in [0.29, 0.717) is 23.7 Å². The van der Waals surface area contributed by atoms with Crippen LogP contribution in [0.5, 0.6) is 0 Å². The summed E-state index contributed by atoms with van der Waals surface area (Å²) in [6, 6.07) is 9.98. The molecule has 1 heterocycles. The number of nitrogens with zero attached hydrogens (tertiary/aromatic N) is 2. The summed E-state index contributed by atoms with van der Waals surface area (Å²) in [6.45, 7) is 1.89. The van der Waals surface area contributed by atoms with Crippen molar-refractivity contribution in [3.05, 3.63) is 53.6 Å². The molecule has 1 aromatic carbocycles. The highest BCUT2D eigenvalue weighted by Gasteiger charge is 2.12. The maximum atomic E-state index is 11.0. The molecule has 0 fully saturated rings. The number of carboxylic acid groups (broad SMARTS) is 1. The van der Waals surface area contributed by atoms with Crippen LogP contribution in [0, 0.1) is 0 Å². The van der Waals surface area contributed by atoms with Crippen LogP contribution in [-0.2, 0) is 12.2 Å². The molecule has 0 atom stereocenters. The molecule has 0 aliphatic carbocycles. The summed E-state index contributed by atoms with van der Waals surface area (Å²) in [4.78, 5) is 20.6. The first kappa shape index (κ1) is 13.5. The molecule has 2 aromatic rings. The molecule has 0 saturated carbocycles. The quantitative estimate of drug-likeness (QED) is 0.849. The molecule has 2 rings (SSSR count). The fraction of sp³-hybridized carbons (Fsp3) is 0.214. The maximum absolute atomic E-state index is 11.0. The lowest BCUT2D eigenvalue weighted by atomic mass is 10.2. The normalized spacial score (nSPS) is 10.4. The van der Waals surface area contributed by atoms with Gasteiger partial charge < -0.3 is 5.11 Å². The van der Waals surface area contributed by atoms with Gasteiger partial charge in [-0.05, 0) is 18.6 Å². The summed E-state index contributed by atoms with van der Waals surface area (Å²) in [5, 5.41) is 9.01. The van der Waals surface area contributed by atoms with E-state index < -0.39 is 5.97 Å². The van der Waals surface area contributed by atoms with Crippen LogP contribution in [0.2, 0.25) is 0 Å². The van der Waals surface area contributed by atoms with Crippen molar-refractivity contribution in [3.8, 4) is 0 Å². The number of thioether (sulfide) groups is 1. The molecule has 0 amide bonds. The molecule has 5 heteroatoms. The van der Waals surface area contributed by atoms with Crippen LogP contribution < -0.4 is 0 Å². The van der Waals surface area contributed by atoms with E-state index >= 15 is 0 Å². The first-order valence-electron chi connectivity index (χ1n) is 5.96. The van der Waals surface area contributed by atoms with Gasteiger partial charge in [0.15, 0.2) is 0 Å². The van der Waals surface area contributed by atoms with E-state index in [1.54, 1.807) is 11.8 Å². The maximum Gasteiger partial charge on any atom is 0.339 e. The number of benzene rings is 1. The lowest BCUT2D eigenvalue weighted by Crippen LogP contribution is -2.07. The van der Waals surface area contributed by atoms with Crippen molar-refractivity contribution >= 4 is 17.7 Å². The Labute approximate surface area is 115 Å². The number of aromatic nitrogens is 2. The number of hydrogen-bond acceptors (Lipinski definition) is 4. The number of carboxylic acids is 1. The van der Waals surface area contributed by atoms with Crippen molar-refractivity contribution in [3.63, 3.8) is 0 Å². The van der Waals surface area contributed by atoms with Gasteiger partial charge in [0.1, 0.15) is 5.82 Å². The van der Waals surface area contributed by atoms with Crippen LogP contribution in [0.15, 0.2) is 41.4 Å². The molecule has 0 unspecified atom stereocenters. The average molecular weight is 274 g/mol. The Morgan fingerprint density at radius 1 is 1.32 bits per heavy atom. The van der Waals surface area contributed by atoms with Crippen molar-refractivity contribution in [2.24, 2.45) is 0 Å². The van der Waals surface area contributed by atoms with Gasteiger partial charge in [-0.2, -0.15) is 0 Å². The Balaban J connectivity index is 2.11. The van der Waals surface area contributed by atoms with Gasteiger partial charge >= 0.3 is 5.97 Å². The van der Waals surface area contributed by atoms with Crippen molar-refractivity contribution < 1.29 is 9.90 Å². The summed E-state index contributed by atoms with van der Waals surface area (Å²) in [6.07, 6.45) is 1.99. The minimum Gasteiger partial charge on any atom is -0.478 e. The molecule has 4 nitrogen and oxygen atoms in total. The average Bonchev–Trinajstić information content (AvgIpc) is 2.45. The molecular weight excluding hydrogens is 260 g/mol. The lowest BCUT2D eigenvalue weighted by Gasteiger charge is -2.05. The zero-order valence-corrected chi connectivity index (χ0v) is 11.4. The van der Waals surface area contributed by atoms with E-state index in [4.69, 9.17) is 5.11 Å². The highest BCUT2D eigenvalue weighted by Crippen LogP contribution is 2.21. The minimum atomic E-state index is -0.973. The smallest absolute Gasteiger partial charge is 0.339 e. The number of hydrogen-bond donors (Lipinski definition) is 1. The minimum absolute atomic E-state index is 0.191. The van der Waals surface area contributed by atoms with Crippen molar-refractivity contribution in [2.45, 2.75) is 24.0 Å². The molecule has 0 radical (unpaired) electrons. The van der Waals surface area contributed by atoms with Crippen LogP contribution in [0.4, 0.5) is 0 Å². The van der Waals surface area contributed by atoms with Gasteiger partial charge in [-0.3, -0.25) is 0 Å². The van der Waals surface area contributed by atoms with E-state index in [9.17, 15) is 4.79 Å². The number of carbonyl (C=O) groups is 1. The zero-order valence-electron chi connectivity index (χ0n) is 10.5. The SMILES string of the molecule is CCc1nc(CSc2ccccc2)ncc1C(=O)O. The Hall–Kier alpha value is -1.88. The van der Waals surface area contributed by atoms with Gasteiger partial charge in [0, 0.05) is 11.1 Å². The summed E-state index contributed by atoms with van der Waals surface area (Å²) in [7, 11) is 0. The fourth-order valence-electron chi connectivity index (χ4n) is 1.64. The molecule has 0 aliphatic heterocycles. The fourth-order valence-corrected chi connectivity index (χ4v) is 2.43. The number of rotatable bonds is 5. The zero-order chi connectivity index (χ0) is 13.7. The van der Waals surface area contributed by atoms with Gasteiger partial charge in [0.2, 0.25) is 0 Å². The van der Waals surface area contributed by atoms with Gasteiger partial charge in [-0.15, -0.1) is 11.8 Å². The van der Waals surface area contributed by atoms with Gasteiger partial charge in [-0.25, -0.2) is 14.8 Å². The predicted octanol–water partition coefficient (Wildman–Crippen LogP) is 3.03. The van der Waals surface area contributed by atoms with Crippen LogP contribution in [-0.4, -0.2) is 21.0 Å². The molecule has 0 saturated heterocycles. The topological polar surface area (TPSA) is 63.1 Å². The molecule has 0 aliphatic rings. The van der Waals surface area contributed by atoms with E-state index in [-0.39, 0.29) is 5.56 Å². The molecule has 19 heavy (non-hydrogen) atoms. The van der Waals surface area contributed by atoms with Gasteiger partial charge in [0.25, 0.3) is 0 Å². The highest BCUT2D eigenvalue weighted by molar-refractivity contribution is 7.98.